The van der Waals surface area contributed by atoms with Gasteiger partial charge in [0.25, 0.3) is 0 Å². The third kappa shape index (κ3) is 3.26. The number of hydrogen-bond donors (Lipinski definition) is 1. The largest absolute Gasteiger partial charge is 0.336 e. The van der Waals surface area contributed by atoms with Crippen molar-refractivity contribution in [1.82, 2.24) is 9.97 Å². The van der Waals surface area contributed by atoms with Gasteiger partial charge in [-0.2, -0.15) is 5.26 Å². The van der Waals surface area contributed by atoms with Gasteiger partial charge in [0.15, 0.2) is 0 Å². The maximum absolute atomic E-state index is 13.1. The molecule has 0 aliphatic rings. The Morgan fingerprint density at radius 1 is 1.21 bits per heavy atom. The number of hydrogen-bond acceptors (Lipinski definition) is 4. The van der Waals surface area contributed by atoms with Gasteiger partial charge in [0.1, 0.15) is 11.4 Å². The minimum Gasteiger partial charge on any atom is -0.336 e. The zero-order valence-electron chi connectivity index (χ0n) is 10.7. The molecule has 0 amide bonds. The van der Waals surface area contributed by atoms with E-state index in [0.29, 0.717) is 11.5 Å². The van der Waals surface area contributed by atoms with Crippen LogP contribution in [0.5, 0.6) is 0 Å². The summed E-state index contributed by atoms with van der Waals surface area (Å²) in [5, 5.41) is 11.8. The second-order valence-electron chi connectivity index (χ2n) is 4.67. The number of rotatable bonds is 3. The van der Waals surface area contributed by atoms with Crippen LogP contribution in [0.1, 0.15) is 13.8 Å². The van der Waals surface area contributed by atoms with Crippen molar-refractivity contribution in [3.8, 4) is 17.2 Å². The average molecular weight is 256 g/mol. The molecule has 1 aromatic heterocycles. The Bertz CT molecular complexity index is 614. The van der Waals surface area contributed by atoms with Crippen LogP contribution >= 0.6 is 0 Å². The van der Waals surface area contributed by atoms with Crippen molar-refractivity contribution in [1.29, 1.82) is 5.26 Å². The molecule has 4 nitrogen and oxygen atoms in total. The molecule has 0 atom stereocenters. The van der Waals surface area contributed by atoms with Gasteiger partial charge in [-0.05, 0) is 31.5 Å². The molecule has 1 heterocycles. The Labute approximate surface area is 110 Å². The van der Waals surface area contributed by atoms with Crippen LogP contribution in [-0.2, 0) is 0 Å². The van der Waals surface area contributed by atoms with E-state index in [4.69, 9.17) is 5.26 Å². The monoisotopic (exact) mass is 256 g/mol. The van der Waals surface area contributed by atoms with Gasteiger partial charge in [0.2, 0.25) is 5.95 Å². The molecule has 0 unspecified atom stereocenters. The molecule has 19 heavy (non-hydrogen) atoms. The van der Waals surface area contributed by atoms with E-state index in [1.54, 1.807) is 38.4 Å². The van der Waals surface area contributed by atoms with Crippen LogP contribution < -0.4 is 5.32 Å². The summed E-state index contributed by atoms with van der Waals surface area (Å²) in [7, 11) is 0. The van der Waals surface area contributed by atoms with Crippen molar-refractivity contribution in [3.05, 3.63) is 42.5 Å². The molecule has 0 fully saturated rings. The lowest BCUT2D eigenvalue weighted by atomic mass is 10.1. The molecular formula is C14H13FN4. The van der Waals surface area contributed by atoms with Crippen molar-refractivity contribution in [2.45, 2.75) is 19.4 Å². The fraction of sp³-hybridized carbons (Fsp3) is 0.214. The molecule has 0 aliphatic heterocycles. The highest BCUT2D eigenvalue weighted by Crippen LogP contribution is 2.19. The van der Waals surface area contributed by atoms with Crippen LogP contribution in [0, 0.1) is 17.1 Å². The van der Waals surface area contributed by atoms with Crippen LogP contribution in [0.25, 0.3) is 11.1 Å². The maximum atomic E-state index is 13.1. The summed E-state index contributed by atoms with van der Waals surface area (Å²) in [6.07, 6.45) is 3.19. The highest BCUT2D eigenvalue weighted by molar-refractivity contribution is 5.61. The Morgan fingerprint density at radius 3 is 2.47 bits per heavy atom. The molecule has 2 aromatic rings. The van der Waals surface area contributed by atoms with Crippen molar-refractivity contribution in [3.63, 3.8) is 0 Å². The van der Waals surface area contributed by atoms with E-state index >= 15 is 0 Å². The summed E-state index contributed by atoms with van der Waals surface area (Å²) in [4.78, 5) is 8.24. The van der Waals surface area contributed by atoms with E-state index in [9.17, 15) is 4.39 Å². The third-order valence-electron chi connectivity index (χ3n) is 2.51. The van der Waals surface area contributed by atoms with Gasteiger partial charge in [-0.25, -0.2) is 14.4 Å². The number of aromatic nitrogens is 2. The second-order valence-corrected chi connectivity index (χ2v) is 4.67. The molecule has 0 radical (unpaired) electrons. The smallest absolute Gasteiger partial charge is 0.223 e. The fourth-order valence-electron chi connectivity index (χ4n) is 1.52. The normalized spacial score (nSPS) is 10.8. The SMILES string of the molecule is CC(C)(C#N)Nc1ncc(-c2cccc(F)c2)cn1. The molecule has 5 heteroatoms. The number of nitrogens with one attached hydrogen (secondary N) is 1. The third-order valence-corrected chi connectivity index (χ3v) is 2.51. The molecule has 0 aliphatic carbocycles. The van der Waals surface area contributed by atoms with Gasteiger partial charge in [0, 0.05) is 18.0 Å². The predicted octanol–water partition coefficient (Wildman–Crippen LogP) is 3.00. The number of halogens is 1. The Hall–Kier alpha value is -2.48. The van der Waals surface area contributed by atoms with Crippen molar-refractivity contribution < 1.29 is 4.39 Å². The summed E-state index contributed by atoms with van der Waals surface area (Å²) in [5.74, 6) is 0.0667. The summed E-state index contributed by atoms with van der Waals surface area (Å²) in [6, 6.07) is 8.33. The highest BCUT2D eigenvalue weighted by atomic mass is 19.1. The molecule has 0 bridgehead atoms. The van der Waals surface area contributed by atoms with Crippen molar-refractivity contribution in [2.24, 2.45) is 0 Å². The lowest BCUT2D eigenvalue weighted by molar-refractivity contribution is 0.628. The fourth-order valence-corrected chi connectivity index (χ4v) is 1.52. The Morgan fingerprint density at radius 2 is 1.89 bits per heavy atom. The zero-order chi connectivity index (χ0) is 13.9. The lowest BCUT2D eigenvalue weighted by Crippen LogP contribution is -2.29. The quantitative estimate of drug-likeness (QED) is 0.917. The Kier molecular flexibility index (Phi) is 3.43. The van der Waals surface area contributed by atoms with E-state index < -0.39 is 5.54 Å². The van der Waals surface area contributed by atoms with Crippen LogP contribution in [0.2, 0.25) is 0 Å². The van der Waals surface area contributed by atoms with Crippen LogP contribution in [0.3, 0.4) is 0 Å². The minimum absolute atomic E-state index is 0.301. The molecule has 2 rings (SSSR count). The van der Waals surface area contributed by atoms with E-state index in [-0.39, 0.29) is 5.82 Å². The Balaban J connectivity index is 2.22. The van der Waals surface area contributed by atoms with Crippen molar-refractivity contribution >= 4 is 5.95 Å². The van der Waals surface area contributed by atoms with E-state index in [0.717, 1.165) is 5.56 Å². The highest BCUT2D eigenvalue weighted by Gasteiger charge is 2.17. The molecule has 1 aromatic carbocycles. The second kappa shape index (κ2) is 5.02. The molecule has 96 valence electrons. The molecule has 0 saturated carbocycles. The van der Waals surface area contributed by atoms with E-state index in [1.165, 1.54) is 12.1 Å². The summed E-state index contributed by atoms with van der Waals surface area (Å²) in [5.41, 5.74) is 0.700. The van der Waals surface area contributed by atoms with E-state index in [1.807, 2.05) is 0 Å². The first kappa shape index (κ1) is 13.0. The molecular weight excluding hydrogens is 243 g/mol. The number of nitrogens with zero attached hydrogens (tertiary/aromatic N) is 3. The summed E-state index contributed by atoms with van der Waals surface area (Å²) in [6.45, 7) is 3.47. The minimum atomic E-state index is -0.736. The van der Waals surface area contributed by atoms with Gasteiger partial charge in [-0.1, -0.05) is 12.1 Å². The average Bonchev–Trinajstić information content (AvgIpc) is 2.39. The van der Waals surface area contributed by atoms with Crippen molar-refractivity contribution in [2.75, 3.05) is 5.32 Å². The van der Waals surface area contributed by atoms with Crippen LogP contribution in [0.4, 0.5) is 10.3 Å². The number of nitriles is 1. The lowest BCUT2D eigenvalue weighted by Gasteiger charge is -2.17. The van der Waals surface area contributed by atoms with Gasteiger partial charge in [-0.15, -0.1) is 0 Å². The zero-order valence-corrected chi connectivity index (χ0v) is 10.7. The maximum Gasteiger partial charge on any atom is 0.223 e. The first-order valence-corrected chi connectivity index (χ1v) is 5.77. The van der Waals surface area contributed by atoms with Gasteiger partial charge in [0.05, 0.1) is 6.07 Å². The van der Waals surface area contributed by atoms with E-state index in [2.05, 4.69) is 21.4 Å². The summed E-state index contributed by atoms with van der Waals surface area (Å²) >= 11 is 0. The van der Waals surface area contributed by atoms with Gasteiger partial charge in [-0.3, -0.25) is 0 Å². The predicted molar refractivity (Wildman–Crippen MR) is 70.7 cm³/mol. The molecule has 0 spiro atoms. The topological polar surface area (TPSA) is 61.6 Å². The van der Waals surface area contributed by atoms with Crippen LogP contribution in [0.15, 0.2) is 36.7 Å². The number of benzene rings is 1. The summed E-state index contributed by atoms with van der Waals surface area (Å²) < 4.78 is 13.1. The standard InChI is InChI=1S/C14H13FN4/c1-14(2,9-16)19-13-17-7-11(8-18-13)10-4-3-5-12(15)6-10/h3-8H,1-2H3,(H,17,18,19). The van der Waals surface area contributed by atoms with Gasteiger partial charge < -0.3 is 5.32 Å². The molecule has 1 N–H and O–H groups in total. The molecule has 0 saturated heterocycles. The van der Waals surface area contributed by atoms with Gasteiger partial charge >= 0.3 is 0 Å². The van der Waals surface area contributed by atoms with Crippen LogP contribution in [-0.4, -0.2) is 15.5 Å². The first-order chi connectivity index (χ1) is 9.00. The number of anilines is 1. The first-order valence-electron chi connectivity index (χ1n) is 5.77.